The molecule has 2 rings (SSSR count). The Balaban J connectivity index is 1.88. The highest BCUT2D eigenvalue weighted by molar-refractivity contribution is 5.05. The smallest absolute Gasteiger partial charge is 0.151 e. The Morgan fingerprint density at radius 1 is 1.61 bits per heavy atom. The molecule has 5 nitrogen and oxygen atoms in total. The van der Waals surface area contributed by atoms with Crippen LogP contribution in [-0.2, 0) is 17.8 Å². The summed E-state index contributed by atoms with van der Waals surface area (Å²) in [6.07, 6.45) is 1.51. The highest BCUT2D eigenvalue weighted by Gasteiger charge is 2.26. The summed E-state index contributed by atoms with van der Waals surface area (Å²) >= 11 is 0. The topological polar surface area (TPSA) is 50.5 Å². The van der Waals surface area contributed by atoms with Gasteiger partial charge in [0.15, 0.2) is 5.76 Å². The largest absolute Gasteiger partial charge is 0.380 e. The fourth-order valence-corrected chi connectivity index (χ4v) is 2.46. The van der Waals surface area contributed by atoms with Crippen molar-refractivity contribution in [3.8, 4) is 0 Å². The SMILES string of the molecule is CNCc1cc(CN2CCC(C)C(OC)C2)on1. The lowest BCUT2D eigenvalue weighted by molar-refractivity contribution is -0.00961. The second-order valence-electron chi connectivity index (χ2n) is 5.09. The van der Waals surface area contributed by atoms with Gasteiger partial charge in [0, 0.05) is 26.3 Å². The van der Waals surface area contributed by atoms with Gasteiger partial charge in [0.05, 0.1) is 18.3 Å². The normalized spacial score (nSPS) is 25.5. The molecule has 1 aromatic rings. The van der Waals surface area contributed by atoms with E-state index in [2.05, 4.69) is 22.3 Å². The summed E-state index contributed by atoms with van der Waals surface area (Å²) in [4.78, 5) is 2.37. The van der Waals surface area contributed by atoms with Gasteiger partial charge < -0.3 is 14.6 Å². The zero-order valence-electron chi connectivity index (χ0n) is 11.5. The zero-order valence-corrected chi connectivity index (χ0v) is 11.5. The Morgan fingerprint density at radius 2 is 2.44 bits per heavy atom. The molecule has 0 aliphatic carbocycles. The molecule has 1 saturated heterocycles. The first-order chi connectivity index (χ1) is 8.72. The number of hydrogen-bond acceptors (Lipinski definition) is 5. The molecule has 0 saturated carbocycles. The Morgan fingerprint density at radius 3 is 3.17 bits per heavy atom. The maximum Gasteiger partial charge on any atom is 0.151 e. The fraction of sp³-hybridized carbons (Fsp3) is 0.769. The summed E-state index contributed by atoms with van der Waals surface area (Å²) in [6.45, 7) is 5.90. The zero-order chi connectivity index (χ0) is 13.0. The third kappa shape index (κ3) is 3.31. The number of piperidine rings is 1. The monoisotopic (exact) mass is 253 g/mol. The van der Waals surface area contributed by atoms with E-state index in [1.54, 1.807) is 7.11 Å². The molecule has 2 heterocycles. The molecule has 102 valence electrons. The summed E-state index contributed by atoms with van der Waals surface area (Å²) in [6, 6.07) is 2.02. The lowest BCUT2D eigenvalue weighted by Crippen LogP contribution is -2.43. The number of aromatic nitrogens is 1. The molecule has 1 N–H and O–H groups in total. The Kier molecular flexibility index (Phi) is 4.74. The Labute approximate surface area is 108 Å². The first-order valence-corrected chi connectivity index (χ1v) is 6.57. The Bertz CT molecular complexity index is 367. The molecule has 1 aliphatic heterocycles. The van der Waals surface area contributed by atoms with Gasteiger partial charge in [-0.25, -0.2) is 0 Å². The van der Waals surface area contributed by atoms with Gasteiger partial charge >= 0.3 is 0 Å². The molecule has 0 radical (unpaired) electrons. The van der Waals surface area contributed by atoms with E-state index in [0.717, 1.165) is 37.6 Å². The van der Waals surface area contributed by atoms with Gasteiger partial charge in [-0.2, -0.15) is 0 Å². The summed E-state index contributed by atoms with van der Waals surface area (Å²) in [5.41, 5.74) is 0.959. The van der Waals surface area contributed by atoms with Crippen molar-refractivity contribution in [2.45, 2.75) is 32.5 Å². The summed E-state index contributed by atoms with van der Waals surface area (Å²) in [7, 11) is 3.70. The average Bonchev–Trinajstić information content (AvgIpc) is 2.80. The number of hydrogen-bond donors (Lipinski definition) is 1. The maximum atomic E-state index is 5.52. The molecule has 0 spiro atoms. The predicted molar refractivity (Wildman–Crippen MR) is 69.1 cm³/mol. The van der Waals surface area contributed by atoms with Crippen LogP contribution in [0.1, 0.15) is 24.8 Å². The predicted octanol–water partition coefficient (Wildman–Crippen LogP) is 1.25. The number of ether oxygens (including phenoxy) is 1. The number of nitrogens with zero attached hydrogens (tertiary/aromatic N) is 2. The molecule has 1 aromatic heterocycles. The van der Waals surface area contributed by atoms with Crippen molar-refractivity contribution in [1.82, 2.24) is 15.4 Å². The standard InChI is InChI=1S/C13H23N3O2/c1-10-4-5-16(9-13(10)17-3)8-12-6-11(7-14-2)15-18-12/h6,10,13-14H,4-5,7-9H2,1-3H3. The summed E-state index contributed by atoms with van der Waals surface area (Å²) in [5, 5.41) is 7.10. The van der Waals surface area contributed by atoms with Crippen molar-refractivity contribution in [3.05, 3.63) is 17.5 Å². The Hall–Kier alpha value is -0.910. The van der Waals surface area contributed by atoms with Gasteiger partial charge in [-0.3, -0.25) is 4.90 Å². The minimum Gasteiger partial charge on any atom is -0.380 e. The van der Waals surface area contributed by atoms with E-state index in [1.807, 2.05) is 13.1 Å². The van der Waals surface area contributed by atoms with Crippen LogP contribution in [0.4, 0.5) is 0 Å². The van der Waals surface area contributed by atoms with E-state index in [-0.39, 0.29) is 0 Å². The molecule has 1 aliphatic rings. The van der Waals surface area contributed by atoms with Crippen molar-refractivity contribution < 1.29 is 9.26 Å². The fourth-order valence-electron chi connectivity index (χ4n) is 2.46. The molecule has 2 unspecified atom stereocenters. The molecular formula is C13H23N3O2. The van der Waals surface area contributed by atoms with Crippen molar-refractivity contribution in [3.63, 3.8) is 0 Å². The molecule has 2 atom stereocenters. The van der Waals surface area contributed by atoms with Crippen LogP contribution in [0.5, 0.6) is 0 Å². The lowest BCUT2D eigenvalue weighted by atomic mass is 9.96. The molecule has 18 heavy (non-hydrogen) atoms. The van der Waals surface area contributed by atoms with Crippen LogP contribution in [0.15, 0.2) is 10.6 Å². The van der Waals surface area contributed by atoms with E-state index in [4.69, 9.17) is 9.26 Å². The van der Waals surface area contributed by atoms with Crippen LogP contribution >= 0.6 is 0 Å². The molecular weight excluding hydrogens is 230 g/mol. The quantitative estimate of drug-likeness (QED) is 0.856. The van der Waals surface area contributed by atoms with Crippen molar-refractivity contribution >= 4 is 0 Å². The second kappa shape index (κ2) is 6.31. The van der Waals surface area contributed by atoms with Crippen LogP contribution in [-0.4, -0.2) is 43.4 Å². The van der Waals surface area contributed by atoms with E-state index in [9.17, 15) is 0 Å². The van der Waals surface area contributed by atoms with Gasteiger partial charge in [0.25, 0.3) is 0 Å². The summed E-state index contributed by atoms with van der Waals surface area (Å²) < 4.78 is 10.9. The highest BCUT2D eigenvalue weighted by Crippen LogP contribution is 2.21. The first kappa shape index (κ1) is 13.5. The van der Waals surface area contributed by atoms with Gasteiger partial charge in [0.2, 0.25) is 0 Å². The number of likely N-dealkylation sites (tertiary alicyclic amines) is 1. The highest BCUT2D eigenvalue weighted by atomic mass is 16.5. The minimum absolute atomic E-state index is 0.332. The third-order valence-corrected chi connectivity index (χ3v) is 3.62. The second-order valence-corrected chi connectivity index (χ2v) is 5.09. The first-order valence-electron chi connectivity index (χ1n) is 6.57. The maximum absolute atomic E-state index is 5.52. The van der Waals surface area contributed by atoms with E-state index in [1.165, 1.54) is 6.42 Å². The van der Waals surface area contributed by atoms with Gasteiger partial charge in [-0.15, -0.1) is 0 Å². The molecule has 0 aromatic carbocycles. The lowest BCUT2D eigenvalue weighted by Gasteiger charge is -2.35. The van der Waals surface area contributed by atoms with Crippen LogP contribution in [0.2, 0.25) is 0 Å². The van der Waals surface area contributed by atoms with Gasteiger partial charge in [-0.1, -0.05) is 12.1 Å². The van der Waals surface area contributed by atoms with Crippen LogP contribution in [0.3, 0.4) is 0 Å². The van der Waals surface area contributed by atoms with E-state index < -0.39 is 0 Å². The van der Waals surface area contributed by atoms with Crippen LogP contribution in [0.25, 0.3) is 0 Å². The van der Waals surface area contributed by atoms with Crippen molar-refractivity contribution in [2.24, 2.45) is 5.92 Å². The summed E-state index contributed by atoms with van der Waals surface area (Å²) in [5.74, 6) is 1.57. The number of rotatable bonds is 5. The molecule has 5 heteroatoms. The van der Waals surface area contributed by atoms with Crippen LogP contribution < -0.4 is 5.32 Å². The van der Waals surface area contributed by atoms with Crippen molar-refractivity contribution in [1.29, 1.82) is 0 Å². The molecule has 0 amide bonds. The third-order valence-electron chi connectivity index (χ3n) is 3.62. The van der Waals surface area contributed by atoms with Crippen LogP contribution in [0, 0.1) is 5.92 Å². The molecule has 1 fully saturated rings. The number of nitrogens with one attached hydrogen (secondary N) is 1. The van der Waals surface area contributed by atoms with Gasteiger partial charge in [0.1, 0.15) is 0 Å². The minimum atomic E-state index is 0.332. The van der Waals surface area contributed by atoms with E-state index >= 15 is 0 Å². The average molecular weight is 253 g/mol. The van der Waals surface area contributed by atoms with Crippen molar-refractivity contribution in [2.75, 3.05) is 27.2 Å². The van der Waals surface area contributed by atoms with E-state index in [0.29, 0.717) is 12.0 Å². The molecule has 0 bridgehead atoms. The van der Waals surface area contributed by atoms with Gasteiger partial charge in [-0.05, 0) is 25.9 Å². The number of methoxy groups -OCH3 is 1.